The molecule has 0 atom stereocenters. The first-order valence-corrected chi connectivity index (χ1v) is 7.77. The van der Waals surface area contributed by atoms with Gasteiger partial charge in [-0.15, -0.1) is 0 Å². The van der Waals surface area contributed by atoms with E-state index in [4.69, 9.17) is 0 Å². The van der Waals surface area contributed by atoms with Gasteiger partial charge in [-0.25, -0.2) is 4.98 Å². The molecule has 1 aromatic carbocycles. The first-order chi connectivity index (χ1) is 12.8. The topological polar surface area (TPSA) is 76.9 Å². The zero-order valence-corrected chi connectivity index (χ0v) is 13.8. The second-order valence-electron chi connectivity index (χ2n) is 5.61. The van der Waals surface area contributed by atoms with Gasteiger partial charge in [-0.2, -0.15) is 13.2 Å². The number of nitrogens with one attached hydrogen (secondary N) is 1. The number of carbonyl (C=O) groups excluding carboxylic acids is 1. The summed E-state index contributed by atoms with van der Waals surface area (Å²) in [5.74, 6) is -0.436. The molecule has 9 heteroatoms. The second kappa shape index (κ2) is 7.40. The molecule has 1 amide bonds. The van der Waals surface area contributed by atoms with Gasteiger partial charge in [0, 0.05) is 17.8 Å². The minimum atomic E-state index is -4.43. The lowest BCUT2D eigenvalue weighted by molar-refractivity contribution is -0.137. The van der Waals surface area contributed by atoms with Gasteiger partial charge in [0.25, 0.3) is 5.56 Å². The quantitative estimate of drug-likeness (QED) is 0.762. The number of anilines is 1. The van der Waals surface area contributed by atoms with Crippen LogP contribution in [0.15, 0.2) is 66.0 Å². The molecule has 0 aliphatic rings. The number of rotatable bonds is 4. The average molecular weight is 374 g/mol. The molecule has 6 nitrogen and oxygen atoms in total. The van der Waals surface area contributed by atoms with Crippen LogP contribution in [0.5, 0.6) is 0 Å². The van der Waals surface area contributed by atoms with Crippen LogP contribution in [0.1, 0.15) is 5.56 Å². The monoisotopic (exact) mass is 374 g/mol. The van der Waals surface area contributed by atoms with E-state index in [1.165, 1.54) is 30.7 Å². The van der Waals surface area contributed by atoms with Crippen LogP contribution in [0.3, 0.4) is 0 Å². The summed E-state index contributed by atoms with van der Waals surface area (Å²) < 4.78 is 38.9. The van der Waals surface area contributed by atoms with E-state index >= 15 is 0 Å². The van der Waals surface area contributed by atoms with Crippen LogP contribution >= 0.6 is 0 Å². The first-order valence-electron chi connectivity index (χ1n) is 7.77. The number of aromatic nitrogens is 3. The van der Waals surface area contributed by atoms with E-state index in [2.05, 4.69) is 15.3 Å². The third kappa shape index (κ3) is 4.57. The molecular weight excluding hydrogens is 361 g/mol. The van der Waals surface area contributed by atoms with E-state index < -0.39 is 23.2 Å². The zero-order valence-electron chi connectivity index (χ0n) is 13.8. The Balaban J connectivity index is 1.74. The van der Waals surface area contributed by atoms with E-state index in [0.29, 0.717) is 11.3 Å². The van der Waals surface area contributed by atoms with E-state index in [1.807, 2.05) is 0 Å². The molecule has 0 saturated heterocycles. The molecule has 138 valence electrons. The van der Waals surface area contributed by atoms with Gasteiger partial charge in [-0.05, 0) is 24.3 Å². The van der Waals surface area contributed by atoms with Crippen LogP contribution in [0.25, 0.3) is 11.3 Å². The SMILES string of the molecule is O=C(Cn1cnc(-c2ccc(C(F)(F)F)cc2)cc1=O)Nc1cccnc1. The van der Waals surface area contributed by atoms with Gasteiger partial charge in [-0.1, -0.05) is 12.1 Å². The highest BCUT2D eigenvalue weighted by atomic mass is 19.4. The molecule has 27 heavy (non-hydrogen) atoms. The number of hydrogen-bond acceptors (Lipinski definition) is 4. The molecule has 2 heterocycles. The van der Waals surface area contributed by atoms with E-state index in [0.717, 1.165) is 16.7 Å². The molecule has 0 bridgehead atoms. The van der Waals surface area contributed by atoms with Crippen LogP contribution in [-0.4, -0.2) is 20.4 Å². The van der Waals surface area contributed by atoms with Crippen molar-refractivity contribution in [3.8, 4) is 11.3 Å². The Morgan fingerprint density at radius 1 is 1.15 bits per heavy atom. The maximum absolute atomic E-state index is 12.6. The highest BCUT2D eigenvalue weighted by Gasteiger charge is 2.30. The minimum Gasteiger partial charge on any atom is -0.323 e. The van der Waals surface area contributed by atoms with Gasteiger partial charge in [0.05, 0.1) is 29.5 Å². The largest absolute Gasteiger partial charge is 0.416 e. The second-order valence-corrected chi connectivity index (χ2v) is 5.61. The van der Waals surface area contributed by atoms with Crippen molar-refractivity contribution in [3.05, 3.63) is 77.1 Å². The summed E-state index contributed by atoms with van der Waals surface area (Å²) in [6.45, 7) is -0.256. The Labute approximate surface area is 151 Å². The van der Waals surface area contributed by atoms with Crippen LogP contribution < -0.4 is 10.9 Å². The summed E-state index contributed by atoms with van der Waals surface area (Å²) in [6, 6.07) is 8.80. The molecule has 2 aromatic heterocycles. The minimum absolute atomic E-state index is 0.220. The molecule has 0 unspecified atom stereocenters. The number of carbonyl (C=O) groups is 1. The van der Waals surface area contributed by atoms with Crippen LogP contribution in [0, 0.1) is 0 Å². The fourth-order valence-corrected chi connectivity index (χ4v) is 2.32. The number of alkyl halides is 3. The predicted molar refractivity (Wildman–Crippen MR) is 91.8 cm³/mol. The fourth-order valence-electron chi connectivity index (χ4n) is 2.32. The molecule has 3 rings (SSSR count). The van der Waals surface area contributed by atoms with E-state index in [1.54, 1.807) is 18.3 Å². The third-order valence-corrected chi connectivity index (χ3v) is 3.65. The Kier molecular flexibility index (Phi) is 5.02. The maximum Gasteiger partial charge on any atom is 0.416 e. The maximum atomic E-state index is 12.6. The average Bonchev–Trinajstić information content (AvgIpc) is 2.63. The van der Waals surface area contributed by atoms with Crippen LogP contribution in [0.4, 0.5) is 18.9 Å². The van der Waals surface area contributed by atoms with Crippen molar-refractivity contribution in [2.45, 2.75) is 12.7 Å². The fraction of sp³-hybridized carbons (Fsp3) is 0.111. The van der Waals surface area contributed by atoms with Gasteiger partial charge < -0.3 is 5.32 Å². The standard InChI is InChI=1S/C18H13F3N4O2/c19-18(20,21)13-5-3-12(4-6-13)15-8-17(27)25(11-23-15)10-16(26)24-14-2-1-7-22-9-14/h1-9,11H,10H2,(H,24,26). The first kappa shape index (κ1) is 18.3. The Morgan fingerprint density at radius 2 is 1.89 bits per heavy atom. The van der Waals surface area contributed by atoms with Crippen molar-refractivity contribution >= 4 is 11.6 Å². The molecule has 0 saturated carbocycles. The van der Waals surface area contributed by atoms with Gasteiger partial charge >= 0.3 is 6.18 Å². The third-order valence-electron chi connectivity index (χ3n) is 3.65. The molecule has 0 radical (unpaired) electrons. The summed E-state index contributed by atoms with van der Waals surface area (Å²) in [7, 11) is 0. The number of halogens is 3. The van der Waals surface area contributed by atoms with Crippen molar-refractivity contribution in [1.82, 2.24) is 14.5 Å². The predicted octanol–water partition coefficient (Wildman–Crippen LogP) is 2.96. The summed E-state index contributed by atoms with van der Waals surface area (Å²) >= 11 is 0. The number of pyridine rings is 1. The zero-order chi connectivity index (χ0) is 19.4. The van der Waals surface area contributed by atoms with Crippen molar-refractivity contribution in [3.63, 3.8) is 0 Å². The Hall–Kier alpha value is -3.49. The van der Waals surface area contributed by atoms with Crippen LogP contribution in [-0.2, 0) is 17.5 Å². The highest BCUT2D eigenvalue weighted by molar-refractivity contribution is 5.90. The van der Waals surface area contributed by atoms with Gasteiger partial charge in [0.15, 0.2) is 0 Å². The molecule has 0 fully saturated rings. The van der Waals surface area contributed by atoms with Crippen LogP contribution in [0.2, 0.25) is 0 Å². The molecule has 0 spiro atoms. The van der Waals surface area contributed by atoms with E-state index in [9.17, 15) is 22.8 Å². The Morgan fingerprint density at radius 3 is 2.48 bits per heavy atom. The van der Waals surface area contributed by atoms with E-state index in [-0.39, 0.29) is 12.2 Å². The van der Waals surface area contributed by atoms with Crippen molar-refractivity contribution in [2.24, 2.45) is 0 Å². The van der Waals surface area contributed by atoms with Gasteiger partial charge in [0.2, 0.25) is 5.91 Å². The van der Waals surface area contributed by atoms with Crippen molar-refractivity contribution < 1.29 is 18.0 Å². The number of hydrogen-bond donors (Lipinski definition) is 1. The van der Waals surface area contributed by atoms with Crippen molar-refractivity contribution in [2.75, 3.05) is 5.32 Å². The normalized spacial score (nSPS) is 11.2. The molecule has 3 aromatic rings. The number of nitrogens with zero attached hydrogens (tertiary/aromatic N) is 3. The van der Waals surface area contributed by atoms with Gasteiger partial charge in [0.1, 0.15) is 6.54 Å². The highest BCUT2D eigenvalue weighted by Crippen LogP contribution is 2.30. The molecular formula is C18H13F3N4O2. The lowest BCUT2D eigenvalue weighted by Gasteiger charge is -2.09. The number of amides is 1. The molecule has 0 aliphatic heterocycles. The molecule has 1 N–H and O–H groups in total. The smallest absolute Gasteiger partial charge is 0.323 e. The summed E-state index contributed by atoms with van der Waals surface area (Å²) in [4.78, 5) is 32.1. The summed E-state index contributed by atoms with van der Waals surface area (Å²) in [5, 5.41) is 2.59. The lowest BCUT2D eigenvalue weighted by Crippen LogP contribution is -2.27. The van der Waals surface area contributed by atoms with Gasteiger partial charge in [-0.3, -0.25) is 19.1 Å². The Bertz CT molecular complexity index is 1000. The lowest BCUT2D eigenvalue weighted by atomic mass is 10.1. The van der Waals surface area contributed by atoms with Crippen molar-refractivity contribution in [1.29, 1.82) is 0 Å². The number of benzene rings is 1. The molecule has 0 aliphatic carbocycles. The summed E-state index contributed by atoms with van der Waals surface area (Å²) in [5.41, 5.74) is -0.206. The summed E-state index contributed by atoms with van der Waals surface area (Å²) in [6.07, 6.45) is -0.230.